The fraction of sp³-hybridized carbons (Fsp3) is 0.400. The van der Waals surface area contributed by atoms with E-state index in [9.17, 15) is 9.59 Å². The van der Waals surface area contributed by atoms with Crippen molar-refractivity contribution in [2.45, 2.75) is 33.1 Å². The minimum Gasteiger partial charge on any atom is -0.325 e. The molecule has 118 valence electrons. The molecule has 23 heavy (non-hydrogen) atoms. The van der Waals surface area contributed by atoms with E-state index in [0.29, 0.717) is 18.8 Å². The Kier molecular flexibility index (Phi) is 2.93. The molecule has 2 aliphatic rings. The van der Waals surface area contributed by atoms with E-state index in [1.807, 2.05) is 56.3 Å². The Morgan fingerprint density at radius 1 is 1.13 bits per heavy atom. The summed E-state index contributed by atoms with van der Waals surface area (Å²) in [6.07, 6.45) is 2.37. The van der Waals surface area contributed by atoms with E-state index in [0.717, 1.165) is 22.9 Å². The van der Waals surface area contributed by atoms with Gasteiger partial charge in [-0.3, -0.25) is 9.59 Å². The van der Waals surface area contributed by atoms with Crippen LogP contribution >= 0.6 is 0 Å². The molecule has 2 fully saturated rings. The van der Waals surface area contributed by atoms with Gasteiger partial charge in [0.1, 0.15) is 5.41 Å². The quantitative estimate of drug-likeness (QED) is 0.846. The molecular formula is C20H21NO2. The van der Waals surface area contributed by atoms with E-state index < -0.39 is 5.41 Å². The zero-order chi connectivity index (χ0) is 16.2. The number of carbonyl (C=O) groups is 2. The van der Waals surface area contributed by atoms with Gasteiger partial charge >= 0.3 is 0 Å². The maximum Gasteiger partial charge on any atom is 0.238 e. The highest BCUT2D eigenvalue weighted by Crippen LogP contribution is 2.60. The highest BCUT2D eigenvalue weighted by atomic mass is 16.2. The molecule has 2 atom stereocenters. The van der Waals surface area contributed by atoms with Gasteiger partial charge in [-0.25, -0.2) is 0 Å². The third-order valence-electron chi connectivity index (χ3n) is 6.03. The Bertz CT molecular complexity index is 818. The summed E-state index contributed by atoms with van der Waals surface area (Å²) in [4.78, 5) is 25.8. The Hall–Kier alpha value is -2.16. The molecule has 0 saturated heterocycles. The fourth-order valence-corrected chi connectivity index (χ4v) is 4.56. The molecule has 2 aromatic rings. The number of anilines is 1. The van der Waals surface area contributed by atoms with Gasteiger partial charge in [0.15, 0.2) is 5.78 Å². The van der Waals surface area contributed by atoms with Gasteiger partial charge in [-0.15, -0.1) is 0 Å². The maximum absolute atomic E-state index is 13.0. The molecule has 3 nitrogen and oxygen atoms in total. The van der Waals surface area contributed by atoms with Crippen molar-refractivity contribution in [1.82, 2.24) is 0 Å². The molecule has 1 N–H and O–H groups in total. The van der Waals surface area contributed by atoms with E-state index in [4.69, 9.17) is 0 Å². The molecule has 2 unspecified atom stereocenters. The number of rotatable bonds is 2. The zero-order valence-corrected chi connectivity index (χ0v) is 13.6. The van der Waals surface area contributed by atoms with Gasteiger partial charge in [-0.05, 0) is 36.6 Å². The van der Waals surface area contributed by atoms with Gasteiger partial charge in [-0.2, -0.15) is 0 Å². The Morgan fingerprint density at radius 3 is 2.61 bits per heavy atom. The van der Waals surface area contributed by atoms with Crippen molar-refractivity contribution in [3.8, 4) is 0 Å². The molecular weight excluding hydrogens is 286 g/mol. The lowest BCUT2D eigenvalue weighted by molar-refractivity contribution is -0.142. The van der Waals surface area contributed by atoms with E-state index in [-0.39, 0.29) is 17.1 Å². The summed E-state index contributed by atoms with van der Waals surface area (Å²) in [5, 5.41) is 5.15. The highest BCUT2D eigenvalue weighted by Gasteiger charge is 2.65. The van der Waals surface area contributed by atoms with Crippen LogP contribution in [-0.2, 0) is 9.59 Å². The van der Waals surface area contributed by atoms with Crippen LogP contribution in [0.1, 0.15) is 33.1 Å². The van der Waals surface area contributed by atoms with E-state index >= 15 is 0 Å². The van der Waals surface area contributed by atoms with Gasteiger partial charge in [0.05, 0.1) is 0 Å². The number of hydrogen-bond donors (Lipinski definition) is 1. The first-order valence-corrected chi connectivity index (χ1v) is 8.29. The first kappa shape index (κ1) is 14.4. The summed E-state index contributed by atoms with van der Waals surface area (Å²) in [6.45, 7) is 3.98. The summed E-state index contributed by atoms with van der Waals surface area (Å²) >= 11 is 0. The zero-order valence-electron chi connectivity index (χ0n) is 13.6. The molecule has 4 rings (SSSR count). The minimum atomic E-state index is -0.814. The van der Waals surface area contributed by atoms with Gasteiger partial charge < -0.3 is 5.32 Å². The average molecular weight is 307 g/mol. The first-order chi connectivity index (χ1) is 10.9. The van der Waals surface area contributed by atoms with Crippen LogP contribution in [0.5, 0.6) is 0 Å². The minimum absolute atomic E-state index is 0.119. The normalized spacial score (nSPS) is 28.3. The molecule has 0 spiro atoms. The summed E-state index contributed by atoms with van der Waals surface area (Å²) in [5.41, 5.74) is -0.386. The third kappa shape index (κ3) is 1.89. The van der Waals surface area contributed by atoms with Crippen molar-refractivity contribution in [2.24, 2.45) is 16.7 Å². The molecule has 0 heterocycles. The lowest BCUT2D eigenvalue weighted by Gasteiger charge is -2.32. The highest BCUT2D eigenvalue weighted by molar-refractivity contribution is 6.16. The predicted molar refractivity (Wildman–Crippen MR) is 91.1 cm³/mol. The van der Waals surface area contributed by atoms with Crippen LogP contribution < -0.4 is 5.32 Å². The first-order valence-electron chi connectivity index (χ1n) is 8.29. The van der Waals surface area contributed by atoms with Crippen molar-refractivity contribution in [1.29, 1.82) is 0 Å². The van der Waals surface area contributed by atoms with Crippen LogP contribution in [0.3, 0.4) is 0 Å². The van der Waals surface area contributed by atoms with Crippen molar-refractivity contribution < 1.29 is 9.59 Å². The SMILES string of the molecule is CC1(C)C(=O)C2(C(=O)Nc3cccc4ccccc34)CCC1C2. The number of amides is 1. The number of fused-ring (bicyclic) bond motifs is 3. The molecule has 2 saturated carbocycles. The van der Waals surface area contributed by atoms with Crippen LogP contribution in [0.2, 0.25) is 0 Å². The number of benzene rings is 2. The fourth-order valence-electron chi connectivity index (χ4n) is 4.56. The Labute approximate surface area is 136 Å². The topological polar surface area (TPSA) is 46.2 Å². The Balaban J connectivity index is 1.70. The monoisotopic (exact) mass is 307 g/mol. The van der Waals surface area contributed by atoms with Gasteiger partial charge in [-0.1, -0.05) is 50.2 Å². The Morgan fingerprint density at radius 2 is 1.87 bits per heavy atom. The van der Waals surface area contributed by atoms with E-state index in [1.54, 1.807) is 0 Å². The number of hydrogen-bond acceptors (Lipinski definition) is 2. The smallest absolute Gasteiger partial charge is 0.238 e. The second kappa shape index (κ2) is 4.67. The van der Waals surface area contributed by atoms with Crippen LogP contribution in [0.25, 0.3) is 10.8 Å². The molecule has 0 aliphatic heterocycles. The van der Waals surface area contributed by atoms with Gasteiger partial charge in [0.25, 0.3) is 0 Å². The number of ketones is 1. The molecule has 2 aromatic carbocycles. The lowest BCUT2D eigenvalue weighted by atomic mass is 9.70. The molecule has 0 radical (unpaired) electrons. The van der Waals surface area contributed by atoms with Crippen molar-refractivity contribution in [2.75, 3.05) is 5.32 Å². The van der Waals surface area contributed by atoms with Gasteiger partial charge in [0.2, 0.25) is 5.91 Å². The number of Topliss-reactive ketones (excluding diaryl/α,β-unsaturated/α-hetero) is 1. The average Bonchev–Trinajstić information content (AvgIpc) is 3.08. The van der Waals surface area contributed by atoms with Crippen molar-refractivity contribution in [3.05, 3.63) is 42.5 Å². The standard InChI is InChI=1S/C20H21NO2/c1-19(2)14-10-11-20(12-14,17(19)22)18(23)21-16-9-5-7-13-6-3-4-8-15(13)16/h3-9,14H,10-12H2,1-2H3,(H,21,23). The summed E-state index contributed by atoms with van der Waals surface area (Å²) in [6, 6.07) is 13.8. The van der Waals surface area contributed by atoms with Crippen LogP contribution in [0.15, 0.2) is 42.5 Å². The molecule has 1 amide bonds. The van der Waals surface area contributed by atoms with Crippen LogP contribution in [0, 0.1) is 16.7 Å². The lowest BCUT2D eigenvalue weighted by Crippen LogP contribution is -2.44. The molecule has 0 aromatic heterocycles. The van der Waals surface area contributed by atoms with Crippen molar-refractivity contribution >= 4 is 28.2 Å². The predicted octanol–water partition coefficient (Wildman–Crippen LogP) is 4.17. The second-order valence-corrected chi connectivity index (χ2v) is 7.55. The van der Waals surface area contributed by atoms with E-state index in [2.05, 4.69) is 5.32 Å². The summed E-state index contributed by atoms with van der Waals surface area (Å²) in [5.74, 6) is 0.346. The van der Waals surface area contributed by atoms with Gasteiger partial charge in [0, 0.05) is 16.5 Å². The van der Waals surface area contributed by atoms with Crippen LogP contribution in [0.4, 0.5) is 5.69 Å². The molecule has 2 aliphatic carbocycles. The van der Waals surface area contributed by atoms with E-state index in [1.165, 1.54) is 0 Å². The molecule has 2 bridgehead atoms. The van der Waals surface area contributed by atoms with Crippen molar-refractivity contribution in [3.63, 3.8) is 0 Å². The molecule has 3 heteroatoms. The second-order valence-electron chi connectivity index (χ2n) is 7.55. The summed E-state index contributed by atoms with van der Waals surface area (Å²) in [7, 11) is 0. The largest absolute Gasteiger partial charge is 0.325 e. The van der Waals surface area contributed by atoms with Crippen LogP contribution in [-0.4, -0.2) is 11.7 Å². The number of carbonyl (C=O) groups excluding carboxylic acids is 2. The third-order valence-corrected chi connectivity index (χ3v) is 6.03. The number of nitrogens with one attached hydrogen (secondary N) is 1. The maximum atomic E-state index is 13.0. The summed E-state index contributed by atoms with van der Waals surface area (Å²) < 4.78 is 0.